The van der Waals surface area contributed by atoms with Crippen molar-refractivity contribution >= 4 is 31.9 Å². The SMILES string of the molecule is Cc1ccc(S(=O)(=O)N(CCc2cccc(Br)c2)CC(=O)O)cc1. The first-order chi connectivity index (χ1) is 11.3. The van der Waals surface area contributed by atoms with E-state index in [4.69, 9.17) is 5.11 Å². The lowest BCUT2D eigenvalue weighted by atomic mass is 10.1. The normalized spacial score (nSPS) is 11.6. The van der Waals surface area contributed by atoms with Crippen LogP contribution in [0.1, 0.15) is 11.1 Å². The maximum Gasteiger partial charge on any atom is 0.318 e. The third-order valence-corrected chi connectivity index (χ3v) is 5.86. The Kier molecular flexibility index (Phi) is 6.15. The van der Waals surface area contributed by atoms with Crippen LogP contribution < -0.4 is 0 Å². The Morgan fingerprint density at radius 3 is 2.42 bits per heavy atom. The van der Waals surface area contributed by atoms with Crippen molar-refractivity contribution in [1.82, 2.24) is 4.31 Å². The summed E-state index contributed by atoms with van der Waals surface area (Å²) in [6, 6.07) is 13.9. The first-order valence-corrected chi connectivity index (χ1v) is 9.55. The molecule has 0 heterocycles. The van der Waals surface area contributed by atoms with Gasteiger partial charge >= 0.3 is 5.97 Å². The molecule has 0 amide bonds. The molecule has 0 atom stereocenters. The molecular formula is C17H18BrNO4S. The number of hydrogen-bond donors (Lipinski definition) is 1. The number of nitrogens with zero attached hydrogens (tertiary/aromatic N) is 1. The van der Waals surface area contributed by atoms with Gasteiger partial charge in [-0.05, 0) is 43.2 Å². The number of halogens is 1. The number of carboxylic acid groups (broad SMARTS) is 1. The minimum Gasteiger partial charge on any atom is -0.480 e. The van der Waals surface area contributed by atoms with Crippen LogP contribution in [0, 0.1) is 6.92 Å². The molecule has 0 aliphatic rings. The van der Waals surface area contributed by atoms with Crippen molar-refractivity contribution in [3.8, 4) is 0 Å². The van der Waals surface area contributed by atoms with Gasteiger partial charge in [-0.1, -0.05) is 45.8 Å². The number of rotatable bonds is 7. The minimum absolute atomic E-state index is 0.0962. The molecule has 0 spiro atoms. The summed E-state index contributed by atoms with van der Waals surface area (Å²) in [6.45, 7) is 1.39. The Morgan fingerprint density at radius 2 is 1.83 bits per heavy atom. The Bertz CT molecular complexity index is 819. The van der Waals surface area contributed by atoms with E-state index < -0.39 is 22.5 Å². The molecule has 5 nitrogen and oxygen atoms in total. The third-order valence-electron chi connectivity index (χ3n) is 3.51. The topological polar surface area (TPSA) is 74.7 Å². The maximum absolute atomic E-state index is 12.7. The molecule has 0 radical (unpaired) electrons. The Morgan fingerprint density at radius 1 is 1.17 bits per heavy atom. The Hall–Kier alpha value is -1.70. The number of carbonyl (C=O) groups is 1. The van der Waals surface area contributed by atoms with Gasteiger partial charge < -0.3 is 5.11 Å². The molecule has 2 aromatic carbocycles. The van der Waals surface area contributed by atoms with Crippen LogP contribution in [0.5, 0.6) is 0 Å². The zero-order valence-corrected chi connectivity index (χ0v) is 15.5. The lowest BCUT2D eigenvalue weighted by Gasteiger charge is -2.20. The molecule has 0 saturated carbocycles. The average Bonchev–Trinajstić information content (AvgIpc) is 2.51. The van der Waals surface area contributed by atoms with Gasteiger partial charge in [0.25, 0.3) is 0 Å². The quantitative estimate of drug-likeness (QED) is 0.759. The van der Waals surface area contributed by atoms with E-state index >= 15 is 0 Å². The molecule has 0 bridgehead atoms. The van der Waals surface area contributed by atoms with Crippen LogP contribution in [-0.4, -0.2) is 36.9 Å². The first kappa shape index (κ1) is 18.6. The molecule has 24 heavy (non-hydrogen) atoms. The van der Waals surface area contributed by atoms with E-state index in [-0.39, 0.29) is 11.4 Å². The monoisotopic (exact) mass is 411 g/mol. The number of benzene rings is 2. The highest BCUT2D eigenvalue weighted by atomic mass is 79.9. The van der Waals surface area contributed by atoms with Gasteiger partial charge in [-0.25, -0.2) is 8.42 Å². The van der Waals surface area contributed by atoms with Crippen LogP contribution in [0.4, 0.5) is 0 Å². The summed E-state index contributed by atoms with van der Waals surface area (Å²) in [5.74, 6) is -1.18. The van der Waals surface area contributed by atoms with Gasteiger partial charge in [0, 0.05) is 11.0 Å². The fourth-order valence-electron chi connectivity index (χ4n) is 2.24. The predicted octanol–water partition coefficient (Wildman–Crippen LogP) is 3.08. The van der Waals surface area contributed by atoms with Gasteiger partial charge in [-0.15, -0.1) is 0 Å². The summed E-state index contributed by atoms with van der Waals surface area (Å²) < 4.78 is 27.3. The second-order valence-corrected chi connectivity index (χ2v) is 8.28. The summed E-state index contributed by atoms with van der Waals surface area (Å²) in [6.07, 6.45) is 0.428. The highest BCUT2D eigenvalue weighted by Gasteiger charge is 2.26. The Labute approximate surface area is 150 Å². The lowest BCUT2D eigenvalue weighted by molar-refractivity contribution is -0.137. The molecule has 7 heteroatoms. The van der Waals surface area contributed by atoms with Crippen LogP contribution in [0.2, 0.25) is 0 Å². The van der Waals surface area contributed by atoms with Gasteiger partial charge in [0.15, 0.2) is 0 Å². The van der Waals surface area contributed by atoms with Crippen LogP contribution in [0.15, 0.2) is 57.9 Å². The van der Waals surface area contributed by atoms with Gasteiger partial charge in [0.1, 0.15) is 6.54 Å². The smallest absolute Gasteiger partial charge is 0.318 e. The van der Waals surface area contributed by atoms with Crippen molar-refractivity contribution in [3.63, 3.8) is 0 Å². The minimum atomic E-state index is -3.85. The fraction of sp³-hybridized carbons (Fsp3) is 0.235. The van der Waals surface area contributed by atoms with E-state index in [1.165, 1.54) is 12.1 Å². The summed E-state index contributed by atoms with van der Waals surface area (Å²) in [5.41, 5.74) is 1.87. The third kappa shape index (κ3) is 4.90. The highest BCUT2D eigenvalue weighted by molar-refractivity contribution is 9.10. The van der Waals surface area contributed by atoms with Crippen molar-refractivity contribution in [2.75, 3.05) is 13.1 Å². The molecular weight excluding hydrogens is 394 g/mol. The van der Waals surface area contributed by atoms with Gasteiger partial charge in [-0.3, -0.25) is 4.79 Å². The molecule has 0 unspecified atom stereocenters. The van der Waals surface area contributed by atoms with E-state index in [0.717, 1.165) is 19.9 Å². The number of hydrogen-bond acceptors (Lipinski definition) is 3. The zero-order valence-electron chi connectivity index (χ0n) is 13.1. The highest BCUT2D eigenvalue weighted by Crippen LogP contribution is 2.18. The van der Waals surface area contributed by atoms with E-state index in [2.05, 4.69) is 15.9 Å². The first-order valence-electron chi connectivity index (χ1n) is 7.32. The van der Waals surface area contributed by atoms with Crippen molar-refractivity contribution in [3.05, 3.63) is 64.1 Å². The van der Waals surface area contributed by atoms with Crippen LogP contribution >= 0.6 is 15.9 Å². The maximum atomic E-state index is 12.7. The molecule has 0 fully saturated rings. The van der Waals surface area contributed by atoms with Gasteiger partial charge in [0.2, 0.25) is 10.0 Å². The largest absolute Gasteiger partial charge is 0.480 e. The standard InChI is InChI=1S/C17H18BrNO4S/c1-13-5-7-16(8-6-13)24(22,23)19(12-17(20)21)10-9-14-3-2-4-15(18)11-14/h2-8,11H,9-10,12H2,1H3,(H,20,21). The van der Waals surface area contributed by atoms with Crippen LogP contribution in [0.25, 0.3) is 0 Å². The van der Waals surface area contributed by atoms with Crippen molar-refractivity contribution < 1.29 is 18.3 Å². The average molecular weight is 412 g/mol. The summed E-state index contributed by atoms with van der Waals surface area (Å²) >= 11 is 3.37. The Balaban J connectivity index is 2.23. The summed E-state index contributed by atoms with van der Waals surface area (Å²) in [4.78, 5) is 11.2. The van der Waals surface area contributed by atoms with E-state index in [0.29, 0.717) is 6.42 Å². The van der Waals surface area contributed by atoms with Crippen molar-refractivity contribution in [2.24, 2.45) is 0 Å². The number of sulfonamides is 1. The molecule has 0 aliphatic heterocycles. The molecule has 0 aliphatic carbocycles. The molecule has 0 saturated heterocycles. The van der Waals surface area contributed by atoms with E-state index in [1.54, 1.807) is 12.1 Å². The van der Waals surface area contributed by atoms with Gasteiger partial charge in [0.05, 0.1) is 4.90 Å². The van der Waals surface area contributed by atoms with E-state index in [9.17, 15) is 13.2 Å². The van der Waals surface area contributed by atoms with Crippen LogP contribution in [-0.2, 0) is 21.2 Å². The molecule has 2 aromatic rings. The van der Waals surface area contributed by atoms with Crippen molar-refractivity contribution in [2.45, 2.75) is 18.2 Å². The second kappa shape index (κ2) is 7.92. The molecule has 0 aromatic heterocycles. The van der Waals surface area contributed by atoms with Crippen LogP contribution in [0.3, 0.4) is 0 Å². The fourth-order valence-corrected chi connectivity index (χ4v) is 4.08. The second-order valence-electron chi connectivity index (χ2n) is 5.43. The lowest BCUT2D eigenvalue weighted by Crippen LogP contribution is -2.37. The molecule has 1 N–H and O–H groups in total. The molecule has 128 valence electrons. The summed E-state index contributed by atoms with van der Waals surface area (Å²) in [5, 5.41) is 9.07. The zero-order chi connectivity index (χ0) is 17.7. The summed E-state index contributed by atoms with van der Waals surface area (Å²) in [7, 11) is -3.85. The number of aliphatic carboxylic acids is 1. The van der Waals surface area contributed by atoms with E-state index in [1.807, 2.05) is 31.2 Å². The molecule has 2 rings (SSSR count). The van der Waals surface area contributed by atoms with Gasteiger partial charge in [-0.2, -0.15) is 4.31 Å². The van der Waals surface area contributed by atoms with Crippen molar-refractivity contribution in [1.29, 1.82) is 0 Å². The predicted molar refractivity (Wildman–Crippen MR) is 95.4 cm³/mol. The number of aryl methyl sites for hydroxylation is 1. The number of carboxylic acids is 1.